The molecule has 0 fully saturated rings. The van der Waals surface area contributed by atoms with Crippen LogP contribution in [0.2, 0.25) is 10.0 Å². The highest BCUT2D eigenvalue weighted by Crippen LogP contribution is 2.28. The smallest absolute Gasteiger partial charge is 0.493 e. The van der Waals surface area contributed by atoms with Crippen molar-refractivity contribution in [2.24, 2.45) is 0 Å². The predicted octanol–water partition coefficient (Wildman–Crippen LogP) is 1.95. The Bertz CT molecular complexity index is 472. The van der Waals surface area contributed by atoms with Crippen LogP contribution in [0.5, 0.6) is 5.75 Å². The SMILES string of the molecule is CC(C)(O)C(C)(C)OB(O)c1cc(O)c(Cl)cc1Cl. The highest BCUT2D eigenvalue weighted by molar-refractivity contribution is 6.64. The molecule has 7 heteroatoms. The molecule has 0 saturated carbocycles. The van der Waals surface area contributed by atoms with Gasteiger partial charge in [-0.05, 0) is 39.8 Å². The van der Waals surface area contributed by atoms with Crippen LogP contribution in [-0.4, -0.2) is 33.6 Å². The number of hydrogen-bond acceptors (Lipinski definition) is 4. The fourth-order valence-electron chi connectivity index (χ4n) is 1.23. The number of rotatable bonds is 4. The molecule has 0 heterocycles. The van der Waals surface area contributed by atoms with Crippen LogP contribution in [0.1, 0.15) is 27.7 Å². The van der Waals surface area contributed by atoms with E-state index in [1.54, 1.807) is 27.7 Å². The Hall–Kier alpha value is -0.455. The molecular formula is C12H17BCl2O4. The van der Waals surface area contributed by atoms with E-state index in [-0.39, 0.29) is 21.3 Å². The number of benzene rings is 1. The Kier molecular flexibility index (Phi) is 4.81. The fraction of sp³-hybridized carbons (Fsp3) is 0.500. The van der Waals surface area contributed by atoms with Crippen LogP contribution in [0.25, 0.3) is 0 Å². The van der Waals surface area contributed by atoms with Crippen LogP contribution < -0.4 is 5.46 Å². The molecule has 19 heavy (non-hydrogen) atoms. The highest BCUT2D eigenvalue weighted by Gasteiger charge is 2.40. The van der Waals surface area contributed by atoms with E-state index < -0.39 is 18.3 Å². The lowest BCUT2D eigenvalue weighted by molar-refractivity contribution is -0.0982. The van der Waals surface area contributed by atoms with Crippen LogP contribution in [-0.2, 0) is 4.65 Å². The van der Waals surface area contributed by atoms with E-state index in [0.29, 0.717) is 0 Å². The van der Waals surface area contributed by atoms with Crippen LogP contribution in [0, 0.1) is 0 Å². The summed E-state index contributed by atoms with van der Waals surface area (Å²) in [5.74, 6) is -0.204. The molecule has 0 aliphatic carbocycles. The third-order valence-corrected chi connectivity index (χ3v) is 3.84. The van der Waals surface area contributed by atoms with Gasteiger partial charge in [0, 0.05) is 10.5 Å². The summed E-state index contributed by atoms with van der Waals surface area (Å²) in [5.41, 5.74) is -2.01. The number of halogens is 2. The van der Waals surface area contributed by atoms with Crippen molar-refractivity contribution < 1.29 is 19.9 Å². The molecule has 0 saturated heterocycles. The molecule has 0 atom stereocenters. The number of aliphatic hydroxyl groups is 1. The minimum Gasteiger partial charge on any atom is -0.506 e. The number of aromatic hydroxyl groups is 1. The van der Waals surface area contributed by atoms with Crippen molar-refractivity contribution in [1.82, 2.24) is 0 Å². The zero-order chi connectivity index (χ0) is 15.0. The van der Waals surface area contributed by atoms with Crippen molar-refractivity contribution in [3.05, 3.63) is 22.2 Å². The van der Waals surface area contributed by atoms with Crippen molar-refractivity contribution in [2.45, 2.75) is 38.9 Å². The average molecular weight is 307 g/mol. The highest BCUT2D eigenvalue weighted by atomic mass is 35.5. The second-order valence-electron chi connectivity index (χ2n) is 5.36. The quantitative estimate of drug-likeness (QED) is 0.744. The van der Waals surface area contributed by atoms with Crippen molar-refractivity contribution in [1.29, 1.82) is 0 Å². The Labute approximate surface area is 123 Å². The third-order valence-electron chi connectivity index (χ3n) is 3.21. The standard InChI is InChI=1S/C12H17BCl2O4/c1-11(2,17)12(3,4)19-13(18)7-5-10(16)9(15)6-8(7)14/h5-6,16-18H,1-4H3. The van der Waals surface area contributed by atoms with Crippen LogP contribution >= 0.6 is 23.2 Å². The zero-order valence-corrected chi connectivity index (χ0v) is 12.7. The van der Waals surface area contributed by atoms with Gasteiger partial charge >= 0.3 is 7.12 Å². The van der Waals surface area contributed by atoms with Crippen molar-refractivity contribution in [3.63, 3.8) is 0 Å². The first-order valence-corrected chi connectivity index (χ1v) is 6.47. The van der Waals surface area contributed by atoms with Gasteiger partial charge in [0.05, 0.1) is 16.2 Å². The number of hydrogen-bond donors (Lipinski definition) is 3. The van der Waals surface area contributed by atoms with E-state index in [2.05, 4.69) is 0 Å². The van der Waals surface area contributed by atoms with E-state index in [0.717, 1.165) is 0 Å². The molecule has 1 rings (SSSR count). The maximum atomic E-state index is 10.0. The first-order valence-electron chi connectivity index (χ1n) is 5.72. The second kappa shape index (κ2) is 5.50. The van der Waals surface area contributed by atoms with E-state index in [1.165, 1.54) is 12.1 Å². The molecule has 0 amide bonds. The molecule has 1 aromatic carbocycles. The lowest BCUT2D eigenvalue weighted by Gasteiger charge is -2.38. The summed E-state index contributed by atoms with van der Waals surface area (Å²) in [4.78, 5) is 0. The van der Waals surface area contributed by atoms with Gasteiger partial charge in [-0.3, -0.25) is 0 Å². The Morgan fingerprint density at radius 3 is 2.11 bits per heavy atom. The lowest BCUT2D eigenvalue weighted by atomic mass is 9.76. The number of phenolic OH excluding ortho intramolecular Hbond substituents is 1. The summed E-state index contributed by atoms with van der Waals surface area (Å²) >= 11 is 11.6. The Morgan fingerprint density at radius 2 is 1.63 bits per heavy atom. The topological polar surface area (TPSA) is 69.9 Å². The molecule has 0 radical (unpaired) electrons. The minimum atomic E-state index is -1.39. The molecule has 106 valence electrons. The van der Waals surface area contributed by atoms with Crippen molar-refractivity contribution >= 4 is 35.8 Å². The monoisotopic (exact) mass is 306 g/mol. The van der Waals surface area contributed by atoms with Gasteiger partial charge < -0.3 is 19.9 Å². The van der Waals surface area contributed by atoms with Gasteiger partial charge in [-0.25, -0.2) is 0 Å². The first-order chi connectivity index (χ1) is 8.45. The van der Waals surface area contributed by atoms with Crippen LogP contribution in [0.4, 0.5) is 0 Å². The summed E-state index contributed by atoms with van der Waals surface area (Å²) in [7, 11) is -1.39. The zero-order valence-electron chi connectivity index (χ0n) is 11.2. The van der Waals surface area contributed by atoms with E-state index in [1.807, 2.05) is 0 Å². The average Bonchev–Trinajstić information content (AvgIpc) is 2.20. The van der Waals surface area contributed by atoms with E-state index in [4.69, 9.17) is 27.9 Å². The number of phenols is 1. The molecule has 0 unspecified atom stereocenters. The van der Waals surface area contributed by atoms with Gasteiger partial charge in [0.15, 0.2) is 0 Å². The fourth-order valence-corrected chi connectivity index (χ4v) is 1.71. The van der Waals surface area contributed by atoms with Crippen molar-refractivity contribution in [2.75, 3.05) is 0 Å². The van der Waals surface area contributed by atoms with Gasteiger partial charge in [0.1, 0.15) is 5.75 Å². The van der Waals surface area contributed by atoms with Crippen LogP contribution in [0.15, 0.2) is 12.1 Å². The molecule has 1 aromatic rings. The summed E-state index contributed by atoms with van der Waals surface area (Å²) in [6.45, 7) is 6.42. The maximum absolute atomic E-state index is 10.0. The van der Waals surface area contributed by atoms with Crippen LogP contribution in [0.3, 0.4) is 0 Å². The minimum absolute atomic E-state index is 0.0858. The molecule has 0 aromatic heterocycles. The van der Waals surface area contributed by atoms with Crippen molar-refractivity contribution in [3.8, 4) is 5.75 Å². The van der Waals surface area contributed by atoms with Gasteiger partial charge in [0.25, 0.3) is 0 Å². The first kappa shape index (κ1) is 16.6. The molecule has 0 spiro atoms. The third kappa shape index (κ3) is 3.77. The summed E-state index contributed by atoms with van der Waals surface area (Å²) in [5, 5.41) is 29.8. The lowest BCUT2D eigenvalue weighted by Crippen LogP contribution is -2.53. The maximum Gasteiger partial charge on any atom is 0.493 e. The van der Waals surface area contributed by atoms with Gasteiger partial charge in [-0.1, -0.05) is 23.2 Å². The Balaban J connectivity index is 3.03. The van der Waals surface area contributed by atoms with E-state index >= 15 is 0 Å². The second-order valence-corrected chi connectivity index (χ2v) is 6.18. The summed E-state index contributed by atoms with van der Waals surface area (Å²) in [6, 6.07) is 2.55. The van der Waals surface area contributed by atoms with Gasteiger partial charge in [-0.15, -0.1) is 0 Å². The van der Waals surface area contributed by atoms with E-state index in [9.17, 15) is 15.2 Å². The predicted molar refractivity (Wildman–Crippen MR) is 77.2 cm³/mol. The molecule has 0 aliphatic rings. The van der Waals surface area contributed by atoms with Gasteiger partial charge in [0.2, 0.25) is 0 Å². The molecule has 4 nitrogen and oxygen atoms in total. The molecule has 0 aliphatic heterocycles. The molecular weight excluding hydrogens is 290 g/mol. The largest absolute Gasteiger partial charge is 0.506 e. The molecule has 0 bridgehead atoms. The normalized spacial score (nSPS) is 12.6. The summed E-state index contributed by atoms with van der Waals surface area (Å²) in [6.07, 6.45) is 0. The molecule has 3 N–H and O–H groups in total. The Morgan fingerprint density at radius 1 is 1.11 bits per heavy atom. The van der Waals surface area contributed by atoms with Gasteiger partial charge in [-0.2, -0.15) is 0 Å². The summed E-state index contributed by atoms with van der Waals surface area (Å²) < 4.78 is 5.43.